The number of anilines is 1. The largest absolute Gasteiger partial charge is 0.494 e. The summed E-state index contributed by atoms with van der Waals surface area (Å²) in [4.78, 5) is 12.2. The second-order valence-corrected chi connectivity index (χ2v) is 6.36. The van der Waals surface area contributed by atoms with E-state index in [1.54, 1.807) is 0 Å². The minimum atomic E-state index is 0.0471. The Morgan fingerprint density at radius 1 is 1.08 bits per heavy atom. The molecule has 0 unspecified atom stereocenters. The molecule has 2 aromatic rings. The molecule has 25 heavy (non-hydrogen) atoms. The summed E-state index contributed by atoms with van der Waals surface area (Å²) in [6, 6.07) is 14.3. The van der Waals surface area contributed by atoms with Crippen molar-refractivity contribution >= 4 is 11.6 Å². The normalized spacial score (nSPS) is 10.5. The lowest BCUT2D eigenvalue weighted by Crippen LogP contribution is -2.15. The predicted octanol–water partition coefficient (Wildman–Crippen LogP) is 5.31. The topological polar surface area (TPSA) is 38.3 Å². The summed E-state index contributed by atoms with van der Waals surface area (Å²) in [5.41, 5.74) is 4.58. The summed E-state index contributed by atoms with van der Waals surface area (Å²) in [6.45, 7) is 6.86. The lowest BCUT2D eigenvalue weighted by atomic mass is 10.1. The number of para-hydroxylation sites is 1. The fraction of sp³-hybridized carbons (Fsp3) is 0.409. The third-order valence-corrected chi connectivity index (χ3v) is 4.28. The molecule has 0 spiro atoms. The summed E-state index contributed by atoms with van der Waals surface area (Å²) in [5, 5.41) is 3.06. The number of carbonyl (C=O) groups is 1. The van der Waals surface area contributed by atoms with Crippen molar-refractivity contribution in [2.45, 2.75) is 52.9 Å². The van der Waals surface area contributed by atoms with Crippen molar-refractivity contribution in [1.82, 2.24) is 0 Å². The zero-order valence-corrected chi connectivity index (χ0v) is 15.6. The minimum Gasteiger partial charge on any atom is -0.494 e. The molecule has 1 amide bonds. The molecule has 0 radical (unpaired) electrons. The van der Waals surface area contributed by atoms with Gasteiger partial charge in [0.15, 0.2) is 0 Å². The highest BCUT2D eigenvalue weighted by atomic mass is 16.5. The fourth-order valence-corrected chi connectivity index (χ4v) is 2.87. The van der Waals surface area contributed by atoms with Crippen molar-refractivity contribution in [3.63, 3.8) is 0 Å². The molecule has 0 aromatic heterocycles. The van der Waals surface area contributed by atoms with Gasteiger partial charge in [0.25, 0.3) is 0 Å². The maximum Gasteiger partial charge on any atom is 0.224 e. The van der Waals surface area contributed by atoms with Gasteiger partial charge in [-0.1, -0.05) is 50.6 Å². The first kappa shape index (κ1) is 19.0. The van der Waals surface area contributed by atoms with Crippen LogP contribution in [0, 0.1) is 6.92 Å². The van der Waals surface area contributed by atoms with E-state index in [0.717, 1.165) is 36.3 Å². The van der Waals surface area contributed by atoms with Gasteiger partial charge in [-0.3, -0.25) is 4.79 Å². The molecule has 0 bridgehead atoms. The molecule has 0 aliphatic carbocycles. The number of hydrogen-bond acceptors (Lipinski definition) is 2. The molecule has 1 N–H and O–H groups in total. The third-order valence-electron chi connectivity index (χ3n) is 4.28. The fourth-order valence-electron chi connectivity index (χ4n) is 2.87. The zero-order chi connectivity index (χ0) is 18.1. The van der Waals surface area contributed by atoms with E-state index in [-0.39, 0.29) is 5.91 Å². The standard InChI is InChI=1S/C22H29NO2/c1-4-8-18-12-14-20(15-13-18)25-16-7-11-21(24)23-22-17(3)9-6-10-19(22)5-2/h6,9-10,12-15H,4-5,7-8,11,16H2,1-3H3,(H,23,24). The molecule has 0 aliphatic rings. The minimum absolute atomic E-state index is 0.0471. The van der Waals surface area contributed by atoms with E-state index in [2.05, 4.69) is 37.4 Å². The van der Waals surface area contributed by atoms with Crippen LogP contribution in [-0.4, -0.2) is 12.5 Å². The molecule has 0 atom stereocenters. The van der Waals surface area contributed by atoms with Crippen LogP contribution in [0.25, 0.3) is 0 Å². The van der Waals surface area contributed by atoms with Gasteiger partial charge in [0.1, 0.15) is 5.75 Å². The zero-order valence-electron chi connectivity index (χ0n) is 15.6. The highest BCUT2D eigenvalue weighted by molar-refractivity contribution is 5.92. The Bertz CT molecular complexity index is 677. The van der Waals surface area contributed by atoms with Gasteiger partial charge < -0.3 is 10.1 Å². The smallest absolute Gasteiger partial charge is 0.224 e. The number of rotatable bonds is 9. The molecule has 134 valence electrons. The number of nitrogens with one attached hydrogen (secondary N) is 1. The number of benzene rings is 2. The molecule has 3 heteroatoms. The molecule has 2 rings (SSSR count). The van der Waals surface area contributed by atoms with Crippen LogP contribution in [-0.2, 0) is 17.6 Å². The van der Waals surface area contributed by atoms with Crippen LogP contribution < -0.4 is 10.1 Å². The quantitative estimate of drug-likeness (QED) is 0.629. The van der Waals surface area contributed by atoms with Crippen LogP contribution in [0.4, 0.5) is 5.69 Å². The van der Waals surface area contributed by atoms with E-state index in [0.29, 0.717) is 19.4 Å². The predicted molar refractivity (Wildman–Crippen MR) is 104 cm³/mol. The van der Waals surface area contributed by atoms with E-state index in [1.807, 2.05) is 31.2 Å². The summed E-state index contributed by atoms with van der Waals surface area (Å²) >= 11 is 0. The van der Waals surface area contributed by atoms with Gasteiger partial charge in [0.05, 0.1) is 6.61 Å². The van der Waals surface area contributed by atoms with Gasteiger partial charge in [-0.25, -0.2) is 0 Å². The van der Waals surface area contributed by atoms with E-state index in [4.69, 9.17) is 4.74 Å². The van der Waals surface area contributed by atoms with Crippen LogP contribution in [0.15, 0.2) is 42.5 Å². The highest BCUT2D eigenvalue weighted by Gasteiger charge is 2.08. The van der Waals surface area contributed by atoms with Crippen molar-refractivity contribution in [1.29, 1.82) is 0 Å². The summed E-state index contributed by atoms with van der Waals surface area (Å²) < 4.78 is 5.73. The summed E-state index contributed by atoms with van der Waals surface area (Å²) in [7, 11) is 0. The van der Waals surface area contributed by atoms with E-state index in [1.165, 1.54) is 11.1 Å². The molecule has 2 aromatic carbocycles. The van der Waals surface area contributed by atoms with Crippen molar-refractivity contribution in [2.24, 2.45) is 0 Å². The van der Waals surface area contributed by atoms with Crippen molar-refractivity contribution in [3.05, 3.63) is 59.2 Å². The van der Waals surface area contributed by atoms with Crippen molar-refractivity contribution in [3.8, 4) is 5.75 Å². The van der Waals surface area contributed by atoms with Gasteiger partial charge in [0.2, 0.25) is 5.91 Å². The van der Waals surface area contributed by atoms with Crippen LogP contribution in [0.3, 0.4) is 0 Å². The molecule has 0 fully saturated rings. The summed E-state index contributed by atoms with van der Waals surface area (Å²) in [6.07, 6.45) is 4.32. The second-order valence-electron chi connectivity index (χ2n) is 6.36. The maximum absolute atomic E-state index is 12.2. The van der Waals surface area contributed by atoms with Gasteiger partial charge in [-0.15, -0.1) is 0 Å². The average Bonchev–Trinajstić information content (AvgIpc) is 2.62. The van der Waals surface area contributed by atoms with Gasteiger partial charge in [-0.05, 0) is 55.0 Å². The number of carbonyl (C=O) groups excluding carboxylic acids is 1. The molecule has 0 saturated carbocycles. The number of hydrogen-bond donors (Lipinski definition) is 1. The van der Waals surface area contributed by atoms with E-state index < -0.39 is 0 Å². The maximum atomic E-state index is 12.2. The molecular weight excluding hydrogens is 310 g/mol. The molecule has 0 aliphatic heterocycles. The Morgan fingerprint density at radius 3 is 2.52 bits per heavy atom. The molecule has 0 saturated heterocycles. The third kappa shape index (κ3) is 5.93. The number of ether oxygens (including phenoxy) is 1. The van der Waals surface area contributed by atoms with Crippen LogP contribution in [0.5, 0.6) is 5.75 Å². The van der Waals surface area contributed by atoms with Gasteiger partial charge in [0, 0.05) is 12.1 Å². The molecule has 0 heterocycles. The van der Waals surface area contributed by atoms with E-state index in [9.17, 15) is 4.79 Å². The molecule has 3 nitrogen and oxygen atoms in total. The van der Waals surface area contributed by atoms with Crippen molar-refractivity contribution in [2.75, 3.05) is 11.9 Å². The summed E-state index contributed by atoms with van der Waals surface area (Å²) in [5.74, 6) is 0.915. The number of amides is 1. The lowest BCUT2D eigenvalue weighted by molar-refractivity contribution is -0.116. The number of aryl methyl sites for hydroxylation is 3. The van der Waals surface area contributed by atoms with Crippen LogP contribution >= 0.6 is 0 Å². The van der Waals surface area contributed by atoms with Gasteiger partial charge >= 0.3 is 0 Å². The highest BCUT2D eigenvalue weighted by Crippen LogP contribution is 2.21. The second kappa shape index (κ2) is 9.87. The first-order chi connectivity index (χ1) is 12.1. The van der Waals surface area contributed by atoms with E-state index >= 15 is 0 Å². The lowest BCUT2D eigenvalue weighted by Gasteiger charge is -2.13. The SMILES string of the molecule is CCCc1ccc(OCCCC(=O)Nc2c(C)cccc2CC)cc1. The first-order valence-corrected chi connectivity index (χ1v) is 9.24. The Hall–Kier alpha value is -2.29. The Kier molecular flexibility index (Phi) is 7.52. The Labute approximate surface area is 151 Å². The average molecular weight is 339 g/mol. The van der Waals surface area contributed by atoms with Gasteiger partial charge in [-0.2, -0.15) is 0 Å². The Morgan fingerprint density at radius 2 is 1.84 bits per heavy atom. The molecular formula is C22H29NO2. The Balaban J connectivity index is 1.75. The monoisotopic (exact) mass is 339 g/mol. The van der Waals surface area contributed by atoms with Crippen LogP contribution in [0.1, 0.15) is 49.8 Å². The first-order valence-electron chi connectivity index (χ1n) is 9.24. The van der Waals surface area contributed by atoms with Crippen LogP contribution in [0.2, 0.25) is 0 Å². The van der Waals surface area contributed by atoms with Crippen molar-refractivity contribution < 1.29 is 9.53 Å².